The molecule has 5 aromatic carbocycles. The molecule has 0 saturated carbocycles. The van der Waals surface area contributed by atoms with Crippen LogP contribution < -0.4 is 15.4 Å². The highest BCUT2D eigenvalue weighted by molar-refractivity contribution is 6.30. The third kappa shape index (κ3) is 8.03. The fraction of sp³-hybridized carbons (Fsp3) is 0.111. The zero-order valence-corrected chi connectivity index (χ0v) is 24.3. The summed E-state index contributed by atoms with van der Waals surface area (Å²) in [6.07, 6.45) is -0.649. The van der Waals surface area contributed by atoms with E-state index in [2.05, 4.69) is 10.6 Å². The second-order valence-corrected chi connectivity index (χ2v) is 10.4. The molecule has 2 N–H and O–H groups in total. The number of hydrogen-bond donors (Lipinski definition) is 2. The summed E-state index contributed by atoms with van der Waals surface area (Å²) in [5.74, 6) is -0.126. The number of rotatable bonds is 11. The van der Waals surface area contributed by atoms with Crippen molar-refractivity contribution in [3.63, 3.8) is 0 Å². The lowest BCUT2D eigenvalue weighted by Crippen LogP contribution is -2.28. The summed E-state index contributed by atoms with van der Waals surface area (Å²) in [5, 5.41) is 7.01. The van der Waals surface area contributed by atoms with Crippen molar-refractivity contribution >= 4 is 34.9 Å². The number of amides is 1. The molecule has 0 aromatic heterocycles. The van der Waals surface area contributed by atoms with Crippen molar-refractivity contribution in [2.75, 3.05) is 10.6 Å². The average molecular weight is 591 g/mol. The van der Waals surface area contributed by atoms with E-state index in [1.807, 2.05) is 79.7 Å². The standard InChI is InChI=1S/C36H31ClN2O4/c1-25(34(27-17-19-30(37)20-18-27)43-36(41)29-15-9-4-10-16-29)38-32-22-21-31(39-35(40)28-13-7-3-8-14-28)23-33(32)42-24-26-11-5-2-6-12-26/h2-23,25,34,38H,24H2,1H3,(H,39,40)/t25-,34+/m1/s1. The molecule has 0 spiro atoms. The Morgan fingerprint density at radius 3 is 2.00 bits per heavy atom. The van der Waals surface area contributed by atoms with E-state index in [1.54, 1.807) is 60.7 Å². The molecule has 7 heteroatoms. The minimum atomic E-state index is -0.649. The number of carbonyl (C=O) groups is 2. The number of halogens is 1. The van der Waals surface area contributed by atoms with Crippen molar-refractivity contribution in [1.29, 1.82) is 0 Å². The Morgan fingerprint density at radius 1 is 0.744 bits per heavy atom. The molecule has 0 radical (unpaired) electrons. The Hall–Kier alpha value is -5.07. The summed E-state index contributed by atoms with van der Waals surface area (Å²) in [6.45, 7) is 2.26. The SMILES string of the molecule is C[C@@H](Nc1ccc(NC(=O)c2ccccc2)cc1OCc1ccccc1)[C@H](OC(=O)c1ccccc1)c1ccc(Cl)cc1. The minimum absolute atomic E-state index is 0.223. The van der Waals surface area contributed by atoms with Crippen molar-refractivity contribution in [2.24, 2.45) is 0 Å². The van der Waals surface area contributed by atoms with Gasteiger partial charge in [-0.25, -0.2) is 4.79 Å². The van der Waals surface area contributed by atoms with Gasteiger partial charge < -0.3 is 20.1 Å². The molecule has 216 valence electrons. The molecule has 1 amide bonds. The van der Waals surface area contributed by atoms with E-state index >= 15 is 0 Å². The second kappa shape index (κ2) is 14.2. The van der Waals surface area contributed by atoms with Gasteiger partial charge in [0, 0.05) is 22.3 Å². The summed E-state index contributed by atoms with van der Waals surface area (Å²) in [6, 6.07) is 40.0. The first-order chi connectivity index (χ1) is 21.0. The lowest BCUT2D eigenvalue weighted by Gasteiger charge is -2.27. The van der Waals surface area contributed by atoms with Gasteiger partial charge >= 0.3 is 5.97 Å². The van der Waals surface area contributed by atoms with Crippen LogP contribution in [0.25, 0.3) is 0 Å². The Balaban J connectivity index is 1.41. The maximum Gasteiger partial charge on any atom is 0.338 e. The molecule has 5 rings (SSSR count). The van der Waals surface area contributed by atoms with Crippen molar-refractivity contribution < 1.29 is 19.1 Å². The molecule has 0 fully saturated rings. The van der Waals surface area contributed by atoms with Crippen LogP contribution in [0.4, 0.5) is 11.4 Å². The topological polar surface area (TPSA) is 76.7 Å². The molecule has 6 nitrogen and oxygen atoms in total. The van der Waals surface area contributed by atoms with E-state index in [0.29, 0.717) is 39.9 Å². The van der Waals surface area contributed by atoms with Crippen LogP contribution in [-0.2, 0) is 11.3 Å². The Labute approximate surface area is 256 Å². The van der Waals surface area contributed by atoms with Crippen LogP contribution in [0.3, 0.4) is 0 Å². The first-order valence-electron chi connectivity index (χ1n) is 13.9. The fourth-order valence-electron chi connectivity index (χ4n) is 4.56. The second-order valence-electron chi connectivity index (χ2n) is 9.98. The lowest BCUT2D eigenvalue weighted by atomic mass is 10.0. The van der Waals surface area contributed by atoms with Crippen molar-refractivity contribution in [1.82, 2.24) is 0 Å². The highest BCUT2D eigenvalue weighted by atomic mass is 35.5. The number of ether oxygens (including phenoxy) is 2. The Bertz CT molecular complexity index is 1650. The molecule has 0 aliphatic carbocycles. The molecule has 43 heavy (non-hydrogen) atoms. The average Bonchev–Trinajstić information content (AvgIpc) is 3.05. The van der Waals surface area contributed by atoms with Gasteiger partial charge in [0.1, 0.15) is 18.5 Å². The van der Waals surface area contributed by atoms with Crippen molar-refractivity contribution in [2.45, 2.75) is 25.7 Å². The number of esters is 1. The van der Waals surface area contributed by atoms with E-state index in [1.165, 1.54) is 0 Å². The van der Waals surface area contributed by atoms with E-state index in [4.69, 9.17) is 21.1 Å². The molecular formula is C36H31ClN2O4. The van der Waals surface area contributed by atoms with E-state index < -0.39 is 12.1 Å². The van der Waals surface area contributed by atoms with Crippen molar-refractivity contribution in [3.8, 4) is 5.75 Å². The fourth-order valence-corrected chi connectivity index (χ4v) is 4.68. The Morgan fingerprint density at radius 2 is 1.35 bits per heavy atom. The summed E-state index contributed by atoms with van der Waals surface area (Å²) >= 11 is 6.15. The molecule has 0 bridgehead atoms. The molecule has 0 saturated heterocycles. The maximum absolute atomic E-state index is 13.1. The van der Waals surface area contributed by atoms with Gasteiger partial charge in [0.15, 0.2) is 0 Å². The van der Waals surface area contributed by atoms with Crippen LogP contribution in [0.2, 0.25) is 5.02 Å². The molecule has 0 aliphatic rings. The maximum atomic E-state index is 13.1. The molecule has 0 unspecified atom stereocenters. The molecule has 5 aromatic rings. The number of benzene rings is 5. The summed E-state index contributed by atoms with van der Waals surface area (Å²) in [5.41, 5.74) is 4.05. The molecular weight excluding hydrogens is 560 g/mol. The first kappa shape index (κ1) is 29.4. The highest BCUT2D eigenvalue weighted by Gasteiger charge is 2.25. The predicted molar refractivity (Wildman–Crippen MR) is 171 cm³/mol. The van der Waals surface area contributed by atoms with Gasteiger partial charge in [0.05, 0.1) is 17.3 Å². The Kier molecular flexibility index (Phi) is 9.72. The third-order valence-electron chi connectivity index (χ3n) is 6.79. The largest absolute Gasteiger partial charge is 0.487 e. The quantitative estimate of drug-likeness (QED) is 0.151. The van der Waals surface area contributed by atoms with Crippen molar-refractivity contribution in [3.05, 3.63) is 161 Å². The number of nitrogens with one attached hydrogen (secondary N) is 2. The zero-order valence-electron chi connectivity index (χ0n) is 23.6. The van der Waals surface area contributed by atoms with E-state index in [9.17, 15) is 9.59 Å². The normalized spacial score (nSPS) is 12.0. The van der Waals surface area contributed by atoms with Gasteiger partial charge in [-0.1, -0.05) is 90.5 Å². The minimum Gasteiger partial charge on any atom is -0.487 e. The molecule has 2 atom stereocenters. The zero-order chi connectivity index (χ0) is 30.0. The summed E-state index contributed by atoms with van der Waals surface area (Å²) in [7, 11) is 0. The molecule has 0 aliphatic heterocycles. The number of carbonyl (C=O) groups excluding carboxylic acids is 2. The summed E-state index contributed by atoms with van der Waals surface area (Å²) in [4.78, 5) is 25.9. The van der Waals surface area contributed by atoms with E-state index in [0.717, 1.165) is 11.1 Å². The highest BCUT2D eigenvalue weighted by Crippen LogP contribution is 2.33. The summed E-state index contributed by atoms with van der Waals surface area (Å²) < 4.78 is 12.3. The van der Waals surface area contributed by atoms with Gasteiger partial charge in [0.2, 0.25) is 0 Å². The van der Waals surface area contributed by atoms with Gasteiger partial charge in [-0.3, -0.25) is 4.79 Å². The van der Waals surface area contributed by atoms with Crippen LogP contribution in [-0.4, -0.2) is 17.9 Å². The monoisotopic (exact) mass is 590 g/mol. The van der Waals surface area contributed by atoms with Gasteiger partial charge in [0.25, 0.3) is 5.91 Å². The van der Waals surface area contributed by atoms with Crippen LogP contribution >= 0.6 is 11.6 Å². The lowest BCUT2D eigenvalue weighted by molar-refractivity contribution is 0.0262. The van der Waals surface area contributed by atoms with Gasteiger partial charge in [-0.2, -0.15) is 0 Å². The van der Waals surface area contributed by atoms with Crippen LogP contribution in [0, 0.1) is 0 Å². The molecule has 0 heterocycles. The first-order valence-corrected chi connectivity index (χ1v) is 14.3. The smallest absolute Gasteiger partial charge is 0.338 e. The van der Waals surface area contributed by atoms with E-state index in [-0.39, 0.29) is 11.9 Å². The third-order valence-corrected chi connectivity index (χ3v) is 7.04. The van der Waals surface area contributed by atoms with Crippen LogP contribution in [0.1, 0.15) is 44.9 Å². The van der Waals surface area contributed by atoms with Gasteiger partial charge in [-0.05, 0) is 66.6 Å². The van der Waals surface area contributed by atoms with Gasteiger partial charge in [-0.15, -0.1) is 0 Å². The number of hydrogen-bond acceptors (Lipinski definition) is 5. The predicted octanol–water partition coefficient (Wildman–Crippen LogP) is 8.57. The number of anilines is 2. The van der Waals surface area contributed by atoms with Crippen LogP contribution in [0.5, 0.6) is 5.75 Å². The van der Waals surface area contributed by atoms with Crippen LogP contribution in [0.15, 0.2) is 133 Å².